The summed E-state index contributed by atoms with van der Waals surface area (Å²) in [5.41, 5.74) is 0. The molecule has 0 heterocycles. The van der Waals surface area contributed by atoms with Crippen LogP contribution >= 0.6 is 11.8 Å². The highest BCUT2D eigenvalue weighted by atomic mass is 32.2. The maximum Gasteiger partial charge on any atom is -0.00675 e. The second-order valence-electron chi connectivity index (χ2n) is 15.0. The molecule has 0 aromatic heterocycles. The van der Waals surface area contributed by atoms with E-state index in [2.05, 4.69) is 25.6 Å². The SMILES string of the molecule is CCCCCCCCCCCCCCCCCCCCCCCCCCCCSCCCCCCCCCCCCCCCC. The lowest BCUT2D eigenvalue weighted by atomic mass is 10.0. The molecule has 0 amide bonds. The van der Waals surface area contributed by atoms with Crippen LogP contribution in [0.5, 0.6) is 0 Å². The van der Waals surface area contributed by atoms with Crippen molar-refractivity contribution in [2.24, 2.45) is 0 Å². The highest BCUT2D eigenvalue weighted by Crippen LogP contribution is 2.18. The van der Waals surface area contributed by atoms with Gasteiger partial charge in [-0.1, -0.05) is 258 Å². The second kappa shape index (κ2) is 44.4. The minimum Gasteiger partial charge on any atom is -0.162 e. The van der Waals surface area contributed by atoms with Gasteiger partial charge in [-0.05, 0) is 24.3 Å². The van der Waals surface area contributed by atoms with Crippen molar-refractivity contribution in [3.8, 4) is 0 Å². The second-order valence-corrected chi connectivity index (χ2v) is 16.3. The fraction of sp³-hybridized carbons (Fsp3) is 1.00. The summed E-state index contributed by atoms with van der Waals surface area (Å²) in [7, 11) is 0. The molecule has 0 aliphatic carbocycles. The maximum atomic E-state index is 2.31. The van der Waals surface area contributed by atoms with Gasteiger partial charge in [0.15, 0.2) is 0 Å². The predicted molar refractivity (Wildman–Crippen MR) is 213 cm³/mol. The van der Waals surface area contributed by atoms with E-state index in [1.165, 1.54) is 268 Å². The molecule has 0 nitrogen and oxygen atoms in total. The number of hydrogen-bond acceptors (Lipinski definition) is 1. The van der Waals surface area contributed by atoms with Crippen molar-refractivity contribution < 1.29 is 0 Å². The lowest BCUT2D eigenvalue weighted by Gasteiger charge is -2.05. The molecule has 0 aromatic carbocycles. The van der Waals surface area contributed by atoms with Crippen molar-refractivity contribution in [1.82, 2.24) is 0 Å². The van der Waals surface area contributed by atoms with E-state index in [0.29, 0.717) is 0 Å². The standard InChI is InChI=1S/C44H90S/c1-3-5-7-9-11-13-15-17-19-20-21-22-23-24-25-26-27-28-29-30-32-34-36-38-40-42-44-45-43-41-39-37-35-33-31-18-16-14-12-10-8-6-4-2/h3-44H2,1-2H3. The first-order valence-corrected chi connectivity index (χ1v) is 23.1. The molecule has 0 aliphatic rings. The van der Waals surface area contributed by atoms with Crippen LogP contribution < -0.4 is 0 Å². The van der Waals surface area contributed by atoms with Gasteiger partial charge in [0.25, 0.3) is 0 Å². The molecule has 0 aromatic rings. The van der Waals surface area contributed by atoms with Crippen molar-refractivity contribution >= 4 is 11.8 Å². The topological polar surface area (TPSA) is 0 Å². The molecule has 0 saturated heterocycles. The Morgan fingerprint density at radius 3 is 0.467 bits per heavy atom. The van der Waals surface area contributed by atoms with E-state index in [1.807, 2.05) is 0 Å². The van der Waals surface area contributed by atoms with Crippen LogP contribution in [0.1, 0.15) is 271 Å². The monoisotopic (exact) mass is 651 g/mol. The van der Waals surface area contributed by atoms with E-state index in [-0.39, 0.29) is 0 Å². The normalized spacial score (nSPS) is 11.6. The van der Waals surface area contributed by atoms with E-state index < -0.39 is 0 Å². The molecule has 0 saturated carbocycles. The van der Waals surface area contributed by atoms with E-state index >= 15 is 0 Å². The Hall–Kier alpha value is 0.350. The Morgan fingerprint density at radius 1 is 0.178 bits per heavy atom. The van der Waals surface area contributed by atoms with Crippen LogP contribution in [0, 0.1) is 0 Å². The van der Waals surface area contributed by atoms with E-state index in [1.54, 1.807) is 0 Å². The van der Waals surface area contributed by atoms with Crippen molar-refractivity contribution in [1.29, 1.82) is 0 Å². The predicted octanol–water partition coefficient (Wildman–Crippen LogP) is 17.4. The van der Waals surface area contributed by atoms with Gasteiger partial charge < -0.3 is 0 Å². The Labute approximate surface area is 293 Å². The van der Waals surface area contributed by atoms with Crippen molar-refractivity contribution in [2.75, 3.05) is 11.5 Å². The molecule has 45 heavy (non-hydrogen) atoms. The van der Waals surface area contributed by atoms with E-state index in [9.17, 15) is 0 Å². The molecular formula is C44H90S. The average Bonchev–Trinajstić information content (AvgIpc) is 3.05. The molecule has 0 unspecified atom stereocenters. The minimum absolute atomic E-state index is 1.37. The summed E-state index contributed by atoms with van der Waals surface area (Å²) in [5, 5.41) is 0. The summed E-state index contributed by atoms with van der Waals surface area (Å²) in [4.78, 5) is 0. The zero-order valence-electron chi connectivity index (χ0n) is 32.1. The molecule has 0 N–H and O–H groups in total. The molecule has 0 fully saturated rings. The zero-order valence-corrected chi connectivity index (χ0v) is 32.9. The summed E-state index contributed by atoms with van der Waals surface area (Å²) < 4.78 is 0. The first-order valence-electron chi connectivity index (χ1n) is 22.0. The smallest absolute Gasteiger partial charge is 0.00675 e. The van der Waals surface area contributed by atoms with Crippen LogP contribution in [-0.4, -0.2) is 11.5 Å². The van der Waals surface area contributed by atoms with Crippen LogP contribution in [0.3, 0.4) is 0 Å². The van der Waals surface area contributed by atoms with Crippen LogP contribution in [0.15, 0.2) is 0 Å². The third-order valence-corrected chi connectivity index (χ3v) is 11.4. The summed E-state index contributed by atoms with van der Waals surface area (Å²) >= 11 is 2.23. The fourth-order valence-electron chi connectivity index (χ4n) is 7.02. The van der Waals surface area contributed by atoms with Gasteiger partial charge in [0.2, 0.25) is 0 Å². The maximum absolute atomic E-state index is 2.31. The van der Waals surface area contributed by atoms with Gasteiger partial charge in [-0.15, -0.1) is 0 Å². The molecule has 0 bridgehead atoms. The Bertz CT molecular complexity index is 432. The lowest BCUT2D eigenvalue weighted by molar-refractivity contribution is 0.516. The molecule has 0 atom stereocenters. The van der Waals surface area contributed by atoms with Gasteiger partial charge in [-0.2, -0.15) is 11.8 Å². The molecule has 0 spiro atoms. The van der Waals surface area contributed by atoms with E-state index in [0.717, 1.165) is 0 Å². The van der Waals surface area contributed by atoms with Gasteiger partial charge >= 0.3 is 0 Å². The first kappa shape index (κ1) is 45.3. The summed E-state index contributed by atoms with van der Waals surface area (Å²) in [6.45, 7) is 4.62. The quantitative estimate of drug-likeness (QED) is 0.0592. The van der Waals surface area contributed by atoms with Crippen molar-refractivity contribution in [2.45, 2.75) is 271 Å². The molecular weight excluding hydrogens is 561 g/mol. The highest BCUT2D eigenvalue weighted by molar-refractivity contribution is 7.99. The number of thioether (sulfide) groups is 1. The Balaban J connectivity index is 3.03. The van der Waals surface area contributed by atoms with Gasteiger partial charge in [-0.25, -0.2) is 0 Å². The van der Waals surface area contributed by atoms with Crippen LogP contribution in [0.2, 0.25) is 0 Å². The highest BCUT2D eigenvalue weighted by Gasteiger charge is 1.98. The molecule has 0 radical (unpaired) electrons. The van der Waals surface area contributed by atoms with Gasteiger partial charge in [0.05, 0.1) is 0 Å². The Morgan fingerprint density at radius 2 is 0.311 bits per heavy atom. The third-order valence-electron chi connectivity index (χ3n) is 10.3. The summed E-state index contributed by atoms with van der Waals surface area (Å²) in [5.74, 6) is 2.83. The molecule has 1 heteroatoms. The average molecular weight is 651 g/mol. The fourth-order valence-corrected chi connectivity index (χ4v) is 8.04. The molecule has 272 valence electrons. The van der Waals surface area contributed by atoms with Crippen LogP contribution in [0.4, 0.5) is 0 Å². The molecule has 0 aliphatic heterocycles. The van der Waals surface area contributed by atoms with Gasteiger partial charge in [-0.3, -0.25) is 0 Å². The zero-order chi connectivity index (χ0) is 32.4. The minimum atomic E-state index is 1.37. The lowest BCUT2D eigenvalue weighted by Crippen LogP contribution is -1.87. The van der Waals surface area contributed by atoms with E-state index in [4.69, 9.17) is 0 Å². The first-order chi connectivity index (χ1) is 22.4. The number of unbranched alkanes of at least 4 members (excludes halogenated alkanes) is 38. The number of rotatable bonds is 42. The number of hydrogen-bond donors (Lipinski definition) is 0. The van der Waals surface area contributed by atoms with Gasteiger partial charge in [0.1, 0.15) is 0 Å². The van der Waals surface area contributed by atoms with Crippen LogP contribution in [-0.2, 0) is 0 Å². The largest absolute Gasteiger partial charge is 0.162 e. The summed E-state index contributed by atoms with van der Waals surface area (Å²) in [6.07, 6.45) is 59.2. The van der Waals surface area contributed by atoms with Crippen molar-refractivity contribution in [3.63, 3.8) is 0 Å². The summed E-state index contributed by atoms with van der Waals surface area (Å²) in [6, 6.07) is 0. The third kappa shape index (κ3) is 44.4. The van der Waals surface area contributed by atoms with Crippen LogP contribution in [0.25, 0.3) is 0 Å². The molecule has 0 rings (SSSR count). The van der Waals surface area contributed by atoms with Crippen molar-refractivity contribution in [3.05, 3.63) is 0 Å². The Kier molecular flexibility index (Phi) is 44.7. The van der Waals surface area contributed by atoms with Gasteiger partial charge in [0, 0.05) is 0 Å².